The topological polar surface area (TPSA) is 92.2 Å². The lowest BCUT2D eigenvalue weighted by molar-refractivity contribution is -0.120. The molecule has 5 rings (SSSR count). The van der Waals surface area contributed by atoms with Gasteiger partial charge in [-0.1, -0.05) is 36.4 Å². The minimum absolute atomic E-state index is 0.0609. The maximum atomic E-state index is 13.8. The first-order valence-electron chi connectivity index (χ1n) is 9.02. The molecule has 0 bridgehead atoms. The summed E-state index contributed by atoms with van der Waals surface area (Å²) < 4.78 is 5.87. The quantitative estimate of drug-likeness (QED) is 0.713. The van der Waals surface area contributed by atoms with Crippen LogP contribution in [0, 0.1) is 11.3 Å². The van der Waals surface area contributed by atoms with Gasteiger partial charge in [0.05, 0.1) is 0 Å². The summed E-state index contributed by atoms with van der Waals surface area (Å²) in [4.78, 5) is 19.9. The van der Waals surface area contributed by atoms with E-state index in [4.69, 9.17) is 10.5 Å². The van der Waals surface area contributed by atoms with Crippen LogP contribution in [0.4, 0.5) is 5.69 Å². The van der Waals surface area contributed by atoms with Crippen LogP contribution in [0.25, 0.3) is 10.9 Å². The van der Waals surface area contributed by atoms with Gasteiger partial charge in [-0.2, -0.15) is 5.26 Å². The van der Waals surface area contributed by atoms with E-state index in [1.807, 2.05) is 55.5 Å². The van der Waals surface area contributed by atoms with Crippen LogP contribution in [0.5, 0.6) is 5.75 Å². The Kier molecular flexibility index (Phi) is 3.25. The molecule has 28 heavy (non-hydrogen) atoms. The van der Waals surface area contributed by atoms with Crippen LogP contribution in [0.15, 0.2) is 66.2 Å². The molecule has 1 amide bonds. The summed E-state index contributed by atoms with van der Waals surface area (Å²) in [5, 5.41) is 10.8. The normalized spacial score (nSPS) is 20.1. The fourth-order valence-corrected chi connectivity index (χ4v) is 4.41. The van der Waals surface area contributed by atoms with E-state index in [1.165, 1.54) is 0 Å². The zero-order valence-electron chi connectivity index (χ0n) is 15.1. The molecule has 0 aliphatic carbocycles. The van der Waals surface area contributed by atoms with Crippen LogP contribution >= 0.6 is 0 Å². The van der Waals surface area contributed by atoms with Crippen molar-refractivity contribution < 1.29 is 9.53 Å². The largest absolute Gasteiger partial charge is 0.438 e. The van der Waals surface area contributed by atoms with E-state index in [9.17, 15) is 10.1 Å². The van der Waals surface area contributed by atoms with Crippen LogP contribution in [0.2, 0.25) is 0 Å². The van der Waals surface area contributed by atoms with Gasteiger partial charge in [0.15, 0.2) is 5.75 Å². The number of hydrogen-bond donors (Lipinski definition) is 1. The van der Waals surface area contributed by atoms with Crippen molar-refractivity contribution in [3.05, 3.63) is 77.3 Å². The molecular weight excluding hydrogens is 352 g/mol. The molecule has 1 atom stereocenters. The molecule has 0 fully saturated rings. The average Bonchev–Trinajstić information content (AvgIpc) is 2.97. The zero-order chi connectivity index (χ0) is 19.5. The number of hydrogen-bond acceptors (Lipinski definition) is 5. The molecule has 1 unspecified atom stereocenters. The predicted molar refractivity (Wildman–Crippen MR) is 104 cm³/mol. The molecule has 1 spiro atoms. The number of anilines is 1. The second-order valence-corrected chi connectivity index (χ2v) is 6.79. The van der Waals surface area contributed by atoms with Gasteiger partial charge in [0.1, 0.15) is 22.6 Å². The van der Waals surface area contributed by atoms with Gasteiger partial charge in [-0.05, 0) is 19.1 Å². The molecule has 2 aromatic carbocycles. The highest BCUT2D eigenvalue weighted by Crippen LogP contribution is 2.55. The van der Waals surface area contributed by atoms with Gasteiger partial charge in [-0.3, -0.25) is 9.78 Å². The lowest BCUT2D eigenvalue weighted by atomic mass is 9.68. The SMILES string of the molecule is CCN1C(=O)C2(C(C#N)=C(N)Oc3c2ccc2cccnc32)c2ccccc21. The fraction of sp³-hybridized carbons (Fsp3) is 0.136. The minimum Gasteiger partial charge on any atom is -0.438 e. The smallest absolute Gasteiger partial charge is 0.247 e. The molecule has 136 valence electrons. The number of amides is 1. The zero-order valence-corrected chi connectivity index (χ0v) is 15.1. The van der Waals surface area contributed by atoms with Crippen molar-refractivity contribution in [2.45, 2.75) is 12.3 Å². The number of aromatic nitrogens is 1. The highest BCUT2D eigenvalue weighted by atomic mass is 16.5. The number of nitrogens with two attached hydrogens (primary N) is 1. The number of carbonyl (C=O) groups is 1. The number of carbonyl (C=O) groups excluding carboxylic acids is 1. The molecule has 1 aromatic heterocycles. The predicted octanol–water partition coefficient (Wildman–Crippen LogP) is 2.97. The van der Waals surface area contributed by atoms with E-state index in [-0.39, 0.29) is 17.4 Å². The average molecular weight is 368 g/mol. The summed E-state index contributed by atoms with van der Waals surface area (Å²) in [5.74, 6) is 0.167. The first kappa shape index (κ1) is 16.3. The van der Waals surface area contributed by atoms with Crippen LogP contribution in [-0.4, -0.2) is 17.4 Å². The Balaban J connectivity index is 1.96. The molecule has 0 saturated carbocycles. The Labute approximate surface area is 161 Å². The van der Waals surface area contributed by atoms with Crippen molar-refractivity contribution in [3.8, 4) is 11.8 Å². The number of nitrogens with zero attached hydrogens (tertiary/aromatic N) is 3. The van der Waals surface area contributed by atoms with E-state index in [0.29, 0.717) is 23.4 Å². The molecule has 6 nitrogen and oxygen atoms in total. The van der Waals surface area contributed by atoms with Crippen molar-refractivity contribution in [1.29, 1.82) is 5.26 Å². The molecule has 2 N–H and O–H groups in total. The third kappa shape index (κ3) is 1.75. The van der Waals surface area contributed by atoms with E-state index in [0.717, 1.165) is 16.6 Å². The number of rotatable bonds is 1. The molecule has 3 aromatic rings. The van der Waals surface area contributed by atoms with Crippen LogP contribution in [0.1, 0.15) is 18.1 Å². The fourth-order valence-electron chi connectivity index (χ4n) is 4.41. The molecular formula is C22H16N4O2. The maximum absolute atomic E-state index is 13.8. The number of likely N-dealkylation sites (N-methyl/N-ethyl adjacent to an activating group) is 1. The monoisotopic (exact) mass is 368 g/mol. The number of benzene rings is 2. The first-order valence-corrected chi connectivity index (χ1v) is 9.02. The number of fused-ring (bicyclic) bond motifs is 6. The van der Waals surface area contributed by atoms with Gasteiger partial charge >= 0.3 is 0 Å². The van der Waals surface area contributed by atoms with Gasteiger partial charge in [0, 0.05) is 34.9 Å². The molecule has 0 saturated heterocycles. The molecule has 2 aliphatic rings. The Morgan fingerprint density at radius 3 is 2.79 bits per heavy atom. The van der Waals surface area contributed by atoms with E-state index in [1.54, 1.807) is 11.1 Å². The number of nitriles is 1. The summed E-state index contributed by atoms with van der Waals surface area (Å²) in [6.45, 7) is 2.40. The summed E-state index contributed by atoms with van der Waals surface area (Å²) in [6, 6.07) is 17.2. The lowest BCUT2D eigenvalue weighted by Crippen LogP contribution is -2.45. The van der Waals surface area contributed by atoms with Crippen molar-refractivity contribution in [2.24, 2.45) is 5.73 Å². The van der Waals surface area contributed by atoms with Gasteiger partial charge in [-0.25, -0.2) is 0 Å². The third-order valence-corrected chi connectivity index (χ3v) is 5.56. The van der Waals surface area contributed by atoms with Crippen molar-refractivity contribution >= 4 is 22.5 Å². The second kappa shape index (κ2) is 5.57. The van der Waals surface area contributed by atoms with Crippen LogP contribution < -0.4 is 15.4 Å². The van der Waals surface area contributed by atoms with E-state index >= 15 is 0 Å². The summed E-state index contributed by atoms with van der Waals surface area (Å²) >= 11 is 0. The van der Waals surface area contributed by atoms with Gasteiger partial charge in [-0.15, -0.1) is 0 Å². The molecule has 0 radical (unpaired) electrons. The highest BCUT2D eigenvalue weighted by Gasteiger charge is 2.59. The Morgan fingerprint density at radius 1 is 1.18 bits per heavy atom. The van der Waals surface area contributed by atoms with Crippen LogP contribution in [-0.2, 0) is 10.2 Å². The Morgan fingerprint density at radius 2 is 2.00 bits per heavy atom. The van der Waals surface area contributed by atoms with Gasteiger partial charge in [0.25, 0.3) is 0 Å². The molecule has 2 aliphatic heterocycles. The standard InChI is InChI=1S/C22H16N4O2/c1-2-26-17-8-4-3-7-14(17)22(21(26)27)15-10-9-13-6-5-11-25-18(13)19(15)28-20(24)16(22)12-23/h3-11H,2,24H2,1H3. The van der Waals surface area contributed by atoms with Crippen molar-refractivity contribution in [2.75, 3.05) is 11.4 Å². The van der Waals surface area contributed by atoms with Crippen molar-refractivity contribution in [1.82, 2.24) is 4.98 Å². The van der Waals surface area contributed by atoms with E-state index < -0.39 is 5.41 Å². The maximum Gasteiger partial charge on any atom is 0.247 e. The number of pyridine rings is 1. The molecule has 6 heteroatoms. The Hall–Kier alpha value is -3.85. The summed E-state index contributed by atoms with van der Waals surface area (Å²) in [6.07, 6.45) is 1.67. The number of para-hydroxylation sites is 1. The highest BCUT2D eigenvalue weighted by molar-refractivity contribution is 6.14. The van der Waals surface area contributed by atoms with Crippen molar-refractivity contribution in [3.63, 3.8) is 0 Å². The van der Waals surface area contributed by atoms with E-state index in [2.05, 4.69) is 11.1 Å². The first-order chi connectivity index (χ1) is 13.6. The summed E-state index contributed by atoms with van der Waals surface area (Å²) in [7, 11) is 0. The van der Waals surface area contributed by atoms with Gasteiger partial charge in [0.2, 0.25) is 11.8 Å². The number of ether oxygens (including phenoxy) is 1. The van der Waals surface area contributed by atoms with Crippen LogP contribution in [0.3, 0.4) is 0 Å². The summed E-state index contributed by atoms with van der Waals surface area (Å²) in [5.41, 5.74) is 7.70. The lowest BCUT2D eigenvalue weighted by Gasteiger charge is -2.34. The third-order valence-electron chi connectivity index (χ3n) is 5.56. The minimum atomic E-state index is -1.33. The van der Waals surface area contributed by atoms with Gasteiger partial charge < -0.3 is 15.4 Å². The molecule has 3 heterocycles. The second-order valence-electron chi connectivity index (χ2n) is 6.79. The Bertz CT molecular complexity index is 1240.